The second-order valence-corrected chi connectivity index (χ2v) is 5.59. The number of ether oxygens (including phenoxy) is 1. The summed E-state index contributed by atoms with van der Waals surface area (Å²) in [7, 11) is 1.64. The number of carbonyl (C=O) groups is 1. The lowest BCUT2D eigenvalue weighted by atomic mass is 10.0. The molecular formula is C14H19BrN2O2. The molecule has 1 aliphatic heterocycles. The predicted molar refractivity (Wildman–Crippen MR) is 78.2 cm³/mol. The molecule has 0 aliphatic carbocycles. The number of hydrogen-bond acceptors (Lipinski definition) is 3. The quantitative estimate of drug-likeness (QED) is 0.892. The zero-order chi connectivity index (χ0) is 13.7. The summed E-state index contributed by atoms with van der Waals surface area (Å²) < 4.78 is 6.27. The molecule has 0 saturated carbocycles. The maximum Gasteiger partial charge on any atom is 0.237 e. The van der Waals surface area contributed by atoms with Crippen LogP contribution in [0.15, 0.2) is 22.7 Å². The molecule has 1 amide bonds. The largest absolute Gasteiger partial charge is 0.496 e. The Morgan fingerprint density at radius 1 is 1.53 bits per heavy atom. The number of carbonyl (C=O) groups excluding carboxylic acids is 1. The summed E-state index contributed by atoms with van der Waals surface area (Å²) in [4.78, 5) is 12.0. The lowest BCUT2D eigenvalue weighted by Gasteiger charge is -2.22. The molecule has 1 saturated heterocycles. The average Bonchev–Trinajstić information content (AvgIpc) is 2.46. The van der Waals surface area contributed by atoms with E-state index in [1.54, 1.807) is 7.11 Å². The lowest BCUT2D eigenvalue weighted by molar-refractivity contribution is -0.123. The van der Waals surface area contributed by atoms with Crippen molar-refractivity contribution in [1.82, 2.24) is 10.6 Å². The summed E-state index contributed by atoms with van der Waals surface area (Å²) in [5.74, 6) is 0.863. The Morgan fingerprint density at radius 3 is 3.05 bits per heavy atom. The molecule has 0 radical (unpaired) electrons. The highest BCUT2D eigenvalue weighted by atomic mass is 79.9. The van der Waals surface area contributed by atoms with Crippen molar-refractivity contribution in [3.05, 3.63) is 28.2 Å². The van der Waals surface area contributed by atoms with Crippen LogP contribution in [0, 0.1) is 0 Å². The van der Waals surface area contributed by atoms with Crippen molar-refractivity contribution in [2.75, 3.05) is 13.7 Å². The summed E-state index contributed by atoms with van der Waals surface area (Å²) >= 11 is 3.43. The number of rotatable bonds is 4. The highest BCUT2D eigenvalue weighted by Gasteiger charge is 2.20. The van der Waals surface area contributed by atoms with Crippen LogP contribution >= 0.6 is 15.9 Å². The molecule has 19 heavy (non-hydrogen) atoms. The number of piperidine rings is 1. The zero-order valence-electron chi connectivity index (χ0n) is 11.0. The minimum Gasteiger partial charge on any atom is -0.496 e. The number of nitrogens with one attached hydrogen (secondary N) is 2. The molecule has 1 aromatic carbocycles. The fourth-order valence-corrected chi connectivity index (χ4v) is 2.67. The van der Waals surface area contributed by atoms with Gasteiger partial charge in [0.15, 0.2) is 0 Å². The van der Waals surface area contributed by atoms with Crippen molar-refractivity contribution < 1.29 is 9.53 Å². The molecule has 1 fully saturated rings. The first-order valence-electron chi connectivity index (χ1n) is 6.54. The van der Waals surface area contributed by atoms with Gasteiger partial charge in [0.25, 0.3) is 0 Å². The van der Waals surface area contributed by atoms with Crippen LogP contribution in [-0.2, 0) is 11.3 Å². The number of methoxy groups -OCH3 is 1. The van der Waals surface area contributed by atoms with E-state index in [0.29, 0.717) is 6.54 Å². The standard InChI is InChI=1S/C14H19BrN2O2/c1-19-13-6-5-11(15)8-10(13)9-17-14(18)12-4-2-3-7-16-12/h5-6,8,12,16H,2-4,7,9H2,1H3,(H,17,18). The lowest BCUT2D eigenvalue weighted by Crippen LogP contribution is -2.46. The molecule has 1 aliphatic rings. The van der Waals surface area contributed by atoms with Gasteiger partial charge in [0, 0.05) is 16.6 Å². The Morgan fingerprint density at radius 2 is 2.37 bits per heavy atom. The first-order chi connectivity index (χ1) is 9.20. The van der Waals surface area contributed by atoms with Gasteiger partial charge in [0.05, 0.1) is 13.2 Å². The van der Waals surface area contributed by atoms with Crippen LogP contribution in [0.4, 0.5) is 0 Å². The van der Waals surface area contributed by atoms with Gasteiger partial charge in [-0.1, -0.05) is 22.4 Å². The van der Waals surface area contributed by atoms with E-state index in [9.17, 15) is 4.79 Å². The summed E-state index contributed by atoms with van der Waals surface area (Å²) in [5, 5.41) is 6.21. The zero-order valence-corrected chi connectivity index (χ0v) is 12.6. The van der Waals surface area contributed by atoms with Crippen molar-refractivity contribution >= 4 is 21.8 Å². The molecule has 1 aromatic rings. The van der Waals surface area contributed by atoms with Crippen LogP contribution in [0.2, 0.25) is 0 Å². The van der Waals surface area contributed by atoms with Crippen molar-refractivity contribution in [2.45, 2.75) is 31.8 Å². The summed E-state index contributed by atoms with van der Waals surface area (Å²) in [6, 6.07) is 5.73. The summed E-state index contributed by atoms with van der Waals surface area (Å²) in [5.41, 5.74) is 0.973. The van der Waals surface area contributed by atoms with E-state index in [2.05, 4.69) is 26.6 Å². The van der Waals surface area contributed by atoms with E-state index in [1.165, 1.54) is 0 Å². The van der Waals surface area contributed by atoms with E-state index in [-0.39, 0.29) is 11.9 Å². The van der Waals surface area contributed by atoms with Gasteiger partial charge in [-0.2, -0.15) is 0 Å². The molecule has 5 heteroatoms. The first-order valence-corrected chi connectivity index (χ1v) is 7.33. The topological polar surface area (TPSA) is 50.4 Å². The second kappa shape index (κ2) is 6.91. The van der Waals surface area contributed by atoms with Crippen molar-refractivity contribution in [3.8, 4) is 5.75 Å². The molecule has 2 N–H and O–H groups in total. The Labute approximate surface area is 122 Å². The highest BCUT2D eigenvalue weighted by Crippen LogP contribution is 2.22. The smallest absolute Gasteiger partial charge is 0.237 e. The van der Waals surface area contributed by atoms with E-state index in [4.69, 9.17) is 4.74 Å². The Hall–Kier alpha value is -1.07. The third kappa shape index (κ3) is 3.94. The van der Waals surface area contributed by atoms with E-state index in [0.717, 1.165) is 41.6 Å². The number of amides is 1. The summed E-state index contributed by atoms with van der Waals surface area (Å²) in [6.45, 7) is 1.41. The van der Waals surface area contributed by atoms with Crippen molar-refractivity contribution in [2.24, 2.45) is 0 Å². The highest BCUT2D eigenvalue weighted by molar-refractivity contribution is 9.10. The normalized spacial score (nSPS) is 18.9. The second-order valence-electron chi connectivity index (χ2n) is 4.68. The van der Waals surface area contributed by atoms with Crippen LogP contribution < -0.4 is 15.4 Å². The Kier molecular flexibility index (Phi) is 5.22. The fraction of sp³-hybridized carbons (Fsp3) is 0.500. The Balaban J connectivity index is 1.94. The van der Waals surface area contributed by atoms with Crippen LogP contribution in [0.1, 0.15) is 24.8 Å². The van der Waals surface area contributed by atoms with E-state index < -0.39 is 0 Å². The maximum atomic E-state index is 12.0. The van der Waals surface area contributed by atoms with Gasteiger partial charge in [0.1, 0.15) is 5.75 Å². The predicted octanol–water partition coefficient (Wildman–Crippen LogP) is 2.22. The van der Waals surface area contributed by atoms with Gasteiger partial charge in [-0.05, 0) is 37.6 Å². The Bertz CT molecular complexity index is 445. The molecule has 4 nitrogen and oxygen atoms in total. The molecule has 2 rings (SSSR count). The third-order valence-corrected chi connectivity index (χ3v) is 3.82. The van der Waals surface area contributed by atoms with Crippen molar-refractivity contribution in [3.63, 3.8) is 0 Å². The van der Waals surface area contributed by atoms with Crippen LogP contribution in [0.3, 0.4) is 0 Å². The molecule has 0 spiro atoms. The molecule has 1 heterocycles. The van der Waals surface area contributed by atoms with Crippen LogP contribution in [0.5, 0.6) is 5.75 Å². The number of benzene rings is 1. The molecule has 0 bridgehead atoms. The molecule has 104 valence electrons. The van der Waals surface area contributed by atoms with E-state index in [1.807, 2.05) is 18.2 Å². The van der Waals surface area contributed by atoms with Gasteiger partial charge in [-0.15, -0.1) is 0 Å². The minimum absolute atomic E-state index is 0.0492. The fourth-order valence-electron chi connectivity index (χ4n) is 2.27. The number of hydrogen-bond donors (Lipinski definition) is 2. The SMILES string of the molecule is COc1ccc(Br)cc1CNC(=O)C1CCCCN1. The molecule has 0 aromatic heterocycles. The summed E-state index contributed by atoms with van der Waals surface area (Å²) in [6.07, 6.45) is 3.19. The van der Waals surface area contributed by atoms with Gasteiger partial charge in [0.2, 0.25) is 5.91 Å². The average molecular weight is 327 g/mol. The maximum absolute atomic E-state index is 12.0. The van der Waals surface area contributed by atoms with Crippen LogP contribution in [0.25, 0.3) is 0 Å². The van der Waals surface area contributed by atoms with Gasteiger partial charge >= 0.3 is 0 Å². The first kappa shape index (κ1) is 14.3. The minimum atomic E-state index is -0.0492. The van der Waals surface area contributed by atoms with E-state index >= 15 is 0 Å². The van der Waals surface area contributed by atoms with Gasteiger partial charge in [-0.3, -0.25) is 4.79 Å². The molecule has 1 atom stereocenters. The van der Waals surface area contributed by atoms with Gasteiger partial charge < -0.3 is 15.4 Å². The van der Waals surface area contributed by atoms with Crippen molar-refractivity contribution in [1.29, 1.82) is 0 Å². The molecular weight excluding hydrogens is 308 g/mol. The monoisotopic (exact) mass is 326 g/mol. The van der Waals surface area contributed by atoms with Gasteiger partial charge in [-0.25, -0.2) is 0 Å². The third-order valence-electron chi connectivity index (χ3n) is 3.32. The van der Waals surface area contributed by atoms with Crippen LogP contribution in [-0.4, -0.2) is 25.6 Å². The number of halogens is 1. The molecule has 1 unspecified atom stereocenters.